The SMILES string of the molecule is OC[C@@H](O)[C@@H](O)[C@H](O)/C=N/NC(=S)SCc1ccccc1. The van der Waals surface area contributed by atoms with E-state index >= 15 is 0 Å². The third-order valence-corrected chi connectivity index (χ3v) is 3.80. The Morgan fingerprint density at radius 2 is 1.95 bits per heavy atom. The molecule has 3 atom stereocenters. The zero-order chi connectivity index (χ0) is 15.7. The van der Waals surface area contributed by atoms with Crippen LogP contribution >= 0.6 is 24.0 Å². The van der Waals surface area contributed by atoms with Gasteiger partial charge in [0.05, 0.1) is 12.8 Å². The van der Waals surface area contributed by atoms with Gasteiger partial charge in [0, 0.05) is 5.75 Å². The van der Waals surface area contributed by atoms with Crippen LogP contribution in [0.1, 0.15) is 5.56 Å². The van der Waals surface area contributed by atoms with Gasteiger partial charge in [0.1, 0.15) is 18.3 Å². The Morgan fingerprint density at radius 3 is 2.57 bits per heavy atom. The van der Waals surface area contributed by atoms with Gasteiger partial charge in [-0.3, -0.25) is 5.43 Å². The number of nitrogens with one attached hydrogen (secondary N) is 1. The maximum atomic E-state index is 9.48. The number of thiocarbonyl (C=S) groups is 1. The molecular weight excluding hydrogens is 312 g/mol. The van der Waals surface area contributed by atoms with Crippen LogP contribution in [-0.2, 0) is 5.75 Å². The third-order valence-electron chi connectivity index (χ3n) is 2.53. The first-order valence-electron chi connectivity index (χ1n) is 6.19. The highest BCUT2D eigenvalue weighted by atomic mass is 32.2. The number of thioether (sulfide) groups is 1. The summed E-state index contributed by atoms with van der Waals surface area (Å²) in [5, 5.41) is 40.3. The van der Waals surface area contributed by atoms with E-state index in [0.29, 0.717) is 10.1 Å². The summed E-state index contributed by atoms with van der Waals surface area (Å²) in [4.78, 5) is 0. The van der Waals surface area contributed by atoms with Crippen molar-refractivity contribution in [1.29, 1.82) is 0 Å². The quantitative estimate of drug-likeness (QED) is 0.269. The predicted octanol–water partition coefficient (Wildman–Crippen LogP) is -0.145. The summed E-state index contributed by atoms with van der Waals surface area (Å²) in [6.07, 6.45) is -3.32. The summed E-state index contributed by atoms with van der Waals surface area (Å²) >= 11 is 6.42. The first-order valence-corrected chi connectivity index (χ1v) is 7.59. The van der Waals surface area contributed by atoms with Gasteiger partial charge in [-0.25, -0.2) is 0 Å². The van der Waals surface area contributed by atoms with E-state index in [2.05, 4.69) is 10.5 Å². The van der Waals surface area contributed by atoms with Crippen molar-refractivity contribution in [3.05, 3.63) is 35.9 Å². The van der Waals surface area contributed by atoms with Crippen molar-refractivity contribution in [2.24, 2.45) is 5.10 Å². The molecule has 1 aromatic rings. The lowest BCUT2D eigenvalue weighted by Gasteiger charge is -2.18. The number of rotatable bonds is 7. The average molecular weight is 330 g/mol. The number of aliphatic hydroxyl groups excluding tert-OH is 4. The first-order chi connectivity index (χ1) is 10.0. The minimum absolute atomic E-state index is 0.416. The summed E-state index contributed by atoms with van der Waals surface area (Å²) in [7, 11) is 0. The van der Waals surface area contributed by atoms with Crippen LogP contribution in [0.3, 0.4) is 0 Å². The van der Waals surface area contributed by atoms with E-state index in [4.69, 9.17) is 22.4 Å². The first kappa shape index (κ1) is 18.0. The fourth-order valence-corrected chi connectivity index (χ4v) is 2.18. The molecule has 21 heavy (non-hydrogen) atoms. The van der Waals surface area contributed by atoms with E-state index in [-0.39, 0.29) is 0 Å². The number of nitrogens with zero attached hydrogens (tertiary/aromatic N) is 1. The van der Waals surface area contributed by atoms with Crippen molar-refractivity contribution in [3.8, 4) is 0 Å². The zero-order valence-electron chi connectivity index (χ0n) is 11.2. The Morgan fingerprint density at radius 1 is 1.29 bits per heavy atom. The highest BCUT2D eigenvalue weighted by Gasteiger charge is 2.22. The van der Waals surface area contributed by atoms with Crippen LogP contribution in [0.2, 0.25) is 0 Å². The summed E-state index contributed by atoms with van der Waals surface area (Å²) in [5.74, 6) is 0.691. The van der Waals surface area contributed by atoms with Crippen LogP contribution in [0.15, 0.2) is 35.4 Å². The molecule has 0 fully saturated rings. The van der Waals surface area contributed by atoms with Gasteiger partial charge >= 0.3 is 0 Å². The van der Waals surface area contributed by atoms with Gasteiger partial charge < -0.3 is 20.4 Å². The molecule has 0 aliphatic rings. The second-order valence-electron chi connectivity index (χ2n) is 4.18. The Kier molecular flexibility index (Phi) is 8.43. The van der Waals surface area contributed by atoms with E-state index in [1.165, 1.54) is 11.8 Å². The second-order valence-corrected chi connectivity index (χ2v) is 5.84. The Balaban J connectivity index is 2.30. The van der Waals surface area contributed by atoms with Crippen LogP contribution < -0.4 is 5.43 Å². The van der Waals surface area contributed by atoms with E-state index in [1.54, 1.807) is 0 Å². The van der Waals surface area contributed by atoms with Gasteiger partial charge in [-0.2, -0.15) is 5.10 Å². The van der Waals surface area contributed by atoms with Crippen molar-refractivity contribution in [1.82, 2.24) is 5.43 Å². The fourth-order valence-electron chi connectivity index (χ4n) is 1.35. The molecule has 0 radical (unpaired) electrons. The van der Waals surface area contributed by atoms with Crippen LogP contribution in [0, 0.1) is 0 Å². The minimum atomic E-state index is -1.51. The molecule has 0 unspecified atom stereocenters. The van der Waals surface area contributed by atoms with Crippen LogP contribution in [-0.4, -0.2) is 55.9 Å². The van der Waals surface area contributed by atoms with Crippen molar-refractivity contribution in [2.45, 2.75) is 24.1 Å². The van der Waals surface area contributed by atoms with Crippen LogP contribution in [0.5, 0.6) is 0 Å². The monoisotopic (exact) mass is 330 g/mol. The number of hydrazone groups is 1. The number of hydrogen-bond acceptors (Lipinski definition) is 7. The van der Waals surface area contributed by atoms with Gasteiger partial charge in [-0.15, -0.1) is 0 Å². The lowest BCUT2D eigenvalue weighted by atomic mass is 10.1. The number of aliphatic hydroxyl groups is 4. The normalized spacial score (nSPS) is 15.6. The highest BCUT2D eigenvalue weighted by molar-refractivity contribution is 8.22. The minimum Gasteiger partial charge on any atom is -0.394 e. The molecule has 6 nitrogen and oxygen atoms in total. The van der Waals surface area contributed by atoms with E-state index in [9.17, 15) is 10.2 Å². The molecule has 0 aliphatic heterocycles. The van der Waals surface area contributed by atoms with Gasteiger partial charge in [-0.05, 0) is 5.56 Å². The third kappa shape index (κ3) is 6.98. The molecule has 0 spiro atoms. The smallest absolute Gasteiger partial charge is 0.154 e. The van der Waals surface area contributed by atoms with Crippen LogP contribution in [0.25, 0.3) is 0 Å². The molecule has 8 heteroatoms. The molecule has 0 amide bonds. The summed E-state index contributed by atoms with van der Waals surface area (Å²) in [6, 6.07) is 9.77. The maximum absolute atomic E-state index is 9.48. The van der Waals surface area contributed by atoms with Crippen molar-refractivity contribution in [2.75, 3.05) is 6.61 Å². The molecule has 5 N–H and O–H groups in total. The maximum Gasteiger partial charge on any atom is 0.154 e. The van der Waals surface area contributed by atoms with E-state index < -0.39 is 24.9 Å². The number of hydrogen-bond donors (Lipinski definition) is 5. The van der Waals surface area contributed by atoms with Crippen molar-refractivity contribution < 1.29 is 20.4 Å². The fraction of sp³-hybridized carbons (Fsp3) is 0.385. The standard InChI is InChI=1S/C13H18N2O4S2/c16-7-11(18)12(19)10(17)6-14-15-13(20)21-8-9-4-2-1-3-5-9/h1-6,10-12,16-19H,7-8H2,(H,15,20)/b14-6+/t10-,11-,12+/m1/s1. The Hall–Kier alpha value is -1.03. The molecule has 0 saturated heterocycles. The largest absolute Gasteiger partial charge is 0.394 e. The molecule has 1 aromatic carbocycles. The van der Waals surface area contributed by atoms with E-state index in [1.807, 2.05) is 30.3 Å². The van der Waals surface area contributed by atoms with E-state index in [0.717, 1.165) is 11.8 Å². The molecule has 0 bridgehead atoms. The van der Waals surface area contributed by atoms with Crippen LogP contribution in [0.4, 0.5) is 0 Å². The van der Waals surface area contributed by atoms with Gasteiger partial charge in [-0.1, -0.05) is 54.3 Å². The molecule has 116 valence electrons. The molecular formula is C13H18N2O4S2. The van der Waals surface area contributed by atoms with Crippen molar-refractivity contribution >= 4 is 34.5 Å². The zero-order valence-corrected chi connectivity index (χ0v) is 12.8. The predicted molar refractivity (Wildman–Crippen MR) is 87.1 cm³/mol. The average Bonchev–Trinajstić information content (AvgIpc) is 2.52. The summed E-state index contributed by atoms with van der Waals surface area (Å²) in [6.45, 7) is -0.648. The Labute approximate surface area is 132 Å². The molecule has 0 aliphatic carbocycles. The van der Waals surface area contributed by atoms with Gasteiger partial charge in [0.15, 0.2) is 4.32 Å². The summed E-state index contributed by atoms with van der Waals surface area (Å²) < 4.78 is 0.416. The Bertz CT molecular complexity index is 459. The molecule has 0 heterocycles. The lowest BCUT2D eigenvalue weighted by Crippen LogP contribution is -2.40. The topological polar surface area (TPSA) is 105 Å². The summed E-state index contributed by atoms with van der Waals surface area (Å²) in [5.41, 5.74) is 3.67. The molecule has 0 saturated carbocycles. The second kappa shape index (κ2) is 9.82. The number of benzene rings is 1. The van der Waals surface area contributed by atoms with Gasteiger partial charge in [0.25, 0.3) is 0 Å². The molecule has 0 aromatic heterocycles. The van der Waals surface area contributed by atoms with Gasteiger partial charge in [0.2, 0.25) is 0 Å². The highest BCUT2D eigenvalue weighted by Crippen LogP contribution is 2.12. The van der Waals surface area contributed by atoms with Crippen molar-refractivity contribution in [3.63, 3.8) is 0 Å². The molecule has 1 rings (SSSR count). The lowest BCUT2D eigenvalue weighted by molar-refractivity contribution is -0.0542.